The van der Waals surface area contributed by atoms with Crippen LogP contribution in [0, 0.1) is 0 Å². The smallest absolute Gasteiger partial charge is 0.407 e. The van der Waals surface area contributed by atoms with Crippen LogP contribution >= 0.6 is 0 Å². The molecule has 5 rings (SSSR count). The minimum atomic E-state index is -1.24. The molecule has 4 amide bonds. The van der Waals surface area contributed by atoms with Crippen LogP contribution in [0.1, 0.15) is 77.8 Å². The number of amides is 4. The van der Waals surface area contributed by atoms with Crippen molar-refractivity contribution < 1.29 is 38.3 Å². The predicted octanol–water partition coefficient (Wildman–Crippen LogP) is 5.34. The summed E-state index contributed by atoms with van der Waals surface area (Å²) in [6.45, 7) is 5.56. The molecule has 11 nitrogen and oxygen atoms in total. The molecule has 0 unspecified atom stereocenters. The van der Waals surface area contributed by atoms with Crippen LogP contribution in [0.3, 0.4) is 0 Å². The normalized spacial score (nSPS) is 14.2. The Balaban J connectivity index is 1.22. The zero-order valence-electron chi connectivity index (χ0n) is 25.3. The number of nitrogens with zero attached hydrogens (tertiary/aromatic N) is 1. The van der Waals surface area contributed by atoms with Crippen LogP contribution in [0.25, 0.3) is 11.1 Å². The highest BCUT2D eigenvalue weighted by molar-refractivity contribution is 6.21. The van der Waals surface area contributed by atoms with Gasteiger partial charge in [-0.2, -0.15) is 0 Å². The molecule has 2 aliphatic rings. The number of rotatable bonds is 10. The number of alkyl carbamates (subject to hydrolysis) is 2. The van der Waals surface area contributed by atoms with Crippen molar-refractivity contribution in [2.45, 2.75) is 57.6 Å². The fourth-order valence-corrected chi connectivity index (χ4v) is 5.41. The third-order valence-electron chi connectivity index (χ3n) is 7.45. The summed E-state index contributed by atoms with van der Waals surface area (Å²) in [5.74, 6) is -2.74. The van der Waals surface area contributed by atoms with Gasteiger partial charge in [0.2, 0.25) is 0 Å². The highest BCUT2D eigenvalue weighted by atomic mass is 16.7. The second-order valence-electron chi connectivity index (χ2n) is 11.8. The Morgan fingerprint density at radius 3 is 1.87 bits per heavy atom. The molecule has 1 atom stereocenters. The van der Waals surface area contributed by atoms with Gasteiger partial charge < -0.3 is 24.9 Å². The molecule has 1 heterocycles. The van der Waals surface area contributed by atoms with Gasteiger partial charge in [0.15, 0.2) is 0 Å². The van der Waals surface area contributed by atoms with Gasteiger partial charge in [0.05, 0.1) is 11.1 Å². The lowest BCUT2D eigenvalue weighted by Gasteiger charge is -2.21. The Kier molecular flexibility index (Phi) is 9.17. The molecule has 0 aromatic heterocycles. The summed E-state index contributed by atoms with van der Waals surface area (Å²) >= 11 is 0. The number of hydroxylamine groups is 2. The lowest BCUT2D eigenvalue weighted by molar-refractivity contribution is -0.171. The van der Waals surface area contributed by atoms with E-state index in [9.17, 15) is 24.0 Å². The number of benzene rings is 3. The molecule has 0 bridgehead atoms. The summed E-state index contributed by atoms with van der Waals surface area (Å²) in [4.78, 5) is 69.0. The van der Waals surface area contributed by atoms with Crippen LogP contribution in [0.5, 0.6) is 0 Å². The molecule has 1 aliphatic carbocycles. The van der Waals surface area contributed by atoms with Crippen molar-refractivity contribution in [1.29, 1.82) is 0 Å². The van der Waals surface area contributed by atoms with Gasteiger partial charge >= 0.3 is 18.2 Å². The molecule has 3 aromatic carbocycles. The van der Waals surface area contributed by atoms with E-state index in [4.69, 9.17) is 14.3 Å². The average Bonchev–Trinajstić information content (AvgIpc) is 3.45. The zero-order valence-corrected chi connectivity index (χ0v) is 25.3. The number of hydrogen-bond donors (Lipinski definition) is 2. The monoisotopic (exact) mass is 613 g/mol. The Hall–Kier alpha value is -5.19. The standard InChI is InChI=1S/C34H35N3O8/c1-34(2,3)44-32(41)35-19-11-10-18-28(31(40)45-37-29(38)25-16-8-9-17-26(25)30(37)39)36-33(42)43-20-27-23-14-6-4-12-21(23)22-13-5-7-15-24(22)27/h4-9,12-17,27-28H,10-11,18-20H2,1-3H3,(H,35,41)(H,36,42)/t28-/m1/s1. The number of nitrogens with one attached hydrogen (secondary N) is 2. The number of imide groups is 1. The number of carbonyl (C=O) groups is 5. The van der Waals surface area contributed by atoms with E-state index in [0.29, 0.717) is 17.9 Å². The lowest BCUT2D eigenvalue weighted by Crippen LogP contribution is -2.46. The number of carbonyl (C=O) groups excluding carboxylic acids is 5. The second-order valence-corrected chi connectivity index (χ2v) is 11.8. The molecule has 0 radical (unpaired) electrons. The Bertz CT molecular complexity index is 1550. The molecule has 45 heavy (non-hydrogen) atoms. The van der Waals surface area contributed by atoms with E-state index in [0.717, 1.165) is 22.3 Å². The maximum atomic E-state index is 13.3. The van der Waals surface area contributed by atoms with Gasteiger partial charge in [-0.05, 0) is 74.4 Å². The molecule has 0 saturated carbocycles. The number of fused-ring (bicyclic) bond motifs is 4. The van der Waals surface area contributed by atoms with Gasteiger partial charge in [-0.15, -0.1) is 0 Å². The number of hydrogen-bond acceptors (Lipinski definition) is 8. The summed E-state index contributed by atoms with van der Waals surface area (Å²) in [6, 6.07) is 20.7. The Morgan fingerprint density at radius 1 is 0.778 bits per heavy atom. The fraction of sp³-hybridized carbons (Fsp3) is 0.324. The van der Waals surface area contributed by atoms with Crippen molar-refractivity contribution in [3.8, 4) is 11.1 Å². The van der Waals surface area contributed by atoms with E-state index in [1.165, 1.54) is 12.1 Å². The summed E-state index contributed by atoms with van der Waals surface area (Å²) in [7, 11) is 0. The van der Waals surface area contributed by atoms with Crippen LogP contribution in [-0.4, -0.2) is 59.8 Å². The van der Waals surface area contributed by atoms with Gasteiger partial charge in [-0.1, -0.05) is 65.7 Å². The van der Waals surface area contributed by atoms with Crippen molar-refractivity contribution in [3.63, 3.8) is 0 Å². The van der Waals surface area contributed by atoms with Crippen molar-refractivity contribution >= 4 is 30.0 Å². The van der Waals surface area contributed by atoms with E-state index >= 15 is 0 Å². The number of ether oxygens (including phenoxy) is 2. The average molecular weight is 614 g/mol. The van der Waals surface area contributed by atoms with E-state index in [1.807, 2.05) is 48.5 Å². The number of unbranched alkanes of at least 4 members (excludes halogenated alkanes) is 1. The largest absolute Gasteiger partial charge is 0.449 e. The van der Waals surface area contributed by atoms with Gasteiger partial charge in [-0.3, -0.25) is 9.59 Å². The second kappa shape index (κ2) is 13.2. The minimum Gasteiger partial charge on any atom is -0.449 e. The summed E-state index contributed by atoms with van der Waals surface area (Å²) in [5, 5.41) is 5.60. The van der Waals surface area contributed by atoms with E-state index in [-0.39, 0.29) is 36.6 Å². The summed E-state index contributed by atoms with van der Waals surface area (Å²) in [5.41, 5.74) is 3.80. The predicted molar refractivity (Wildman–Crippen MR) is 163 cm³/mol. The van der Waals surface area contributed by atoms with Gasteiger partial charge in [0.1, 0.15) is 18.2 Å². The molecular weight excluding hydrogens is 578 g/mol. The molecule has 0 spiro atoms. The van der Waals surface area contributed by atoms with Crippen molar-refractivity contribution in [1.82, 2.24) is 15.7 Å². The van der Waals surface area contributed by atoms with E-state index in [1.54, 1.807) is 32.9 Å². The van der Waals surface area contributed by atoms with Crippen LogP contribution in [0.15, 0.2) is 72.8 Å². The lowest BCUT2D eigenvalue weighted by atomic mass is 9.98. The van der Waals surface area contributed by atoms with Crippen molar-refractivity contribution in [2.75, 3.05) is 13.2 Å². The highest BCUT2D eigenvalue weighted by Gasteiger charge is 2.40. The molecule has 11 heteroatoms. The maximum Gasteiger partial charge on any atom is 0.407 e. The highest BCUT2D eigenvalue weighted by Crippen LogP contribution is 2.44. The molecule has 3 aromatic rings. The van der Waals surface area contributed by atoms with Crippen molar-refractivity contribution in [2.24, 2.45) is 0 Å². The molecule has 1 aliphatic heterocycles. The third-order valence-corrected chi connectivity index (χ3v) is 7.45. The first-order valence-corrected chi connectivity index (χ1v) is 14.8. The molecule has 234 valence electrons. The van der Waals surface area contributed by atoms with Crippen molar-refractivity contribution in [3.05, 3.63) is 95.1 Å². The van der Waals surface area contributed by atoms with E-state index < -0.39 is 41.6 Å². The quantitative estimate of drug-likeness (QED) is 0.231. The SMILES string of the molecule is CC(C)(C)OC(=O)NCCCC[C@@H](NC(=O)OCC1c2ccccc2-c2ccccc21)C(=O)ON1C(=O)c2ccccc2C1=O. The Labute approximate surface area is 260 Å². The molecule has 0 fully saturated rings. The fourth-order valence-electron chi connectivity index (χ4n) is 5.41. The van der Waals surface area contributed by atoms with Crippen LogP contribution in [-0.2, 0) is 19.1 Å². The zero-order chi connectivity index (χ0) is 32.1. The maximum absolute atomic E-state index is 13.3. The van der Waals surface area contributed by atoms with Crippen LogP contribution in [0.2, 0.25) is 0 Å². The minimum absolute atomic E-state index is 0.0276. The van der Waals surface area contributed by atoms with Gasteiger partial charge in [0.25, 0.3) is 11.8 Å². The van der Waals surface area contributed by atoms with Gasteiger partial charge in [0, 0.05) is 12.5 Å². The van der Waals surface area contributed by atoms with Gasteiger partial charge in [-0.25, -0.2) is 14.4 Å². The topological polar surface area (TPSA) is 140 Å². The van der Waals surface area contributed by atoms with Crippen LogP contribution < -0.4 is 10.6 Å². The summed E-state index contributed by atoms with van der Waals surface area (Å²) < 4.78 is 10.8. The first-order chi connectivity index (χ1) is 21.5. The molecular formula is C34H35N3O8. The Morgan fingerprint density at radius 2 is 1.31 bits per heavy atom. The first-order valence-electron chi connectivity index (χ1n) is 14.8. The third kappa shape index (κ3) is 7.14. The summed E-state index contributed by atoms with van der Waals surface area (Å²) in [6.07, 6.45) is -0.514. The van der Waals surface area contributed by atoms with Crippen LogP contribution in [0.4, 0.5) is 9.59 Å². The molecule has 0 saturated heterocycles. The molecule has 2 N–H and O–H groups in total. The van der Waals surface area contributed by atoms with E-state index in [2.05, 4.69) is 10.6 Å². The first kappa shape index (κ1) is 31.2.